The number of amides is 2. The van der Waals surface area contributed by atoms with Gasteiger partial charge in [-0.3, -0.25) is 19.6 Å². The van der Waals surface area contributed by atoms with Gasteiger partial charge in [-0.05, 0) is 142 Å². The molecule has 1 N–H and O–H groups in total. The molecule has 0 aliphatic carbocycles. The molecule has 2 fully saturated rings. The molecule has 4 heterocycles. The summed E-state index contributed by atoms with van der Waals surface area (Å²) in [5, 5.41) is 3.37. The maximum Gasteiger partial charge on any atom is 0.337 e. The molecule has 2 aliphatic heterocycles. The van der Waals surface area contributed by atoms with Crippen LogP contribution in [-0.4, -0.2) is 107 Å². The summed E-state index contributed by atoms with van der Waals surface area (Å²) < 4.78 is 9.59. The molecule has 2 aliphatic rings. The fraction of sp³-hybridized carbons (Fsp3) is 0.527. The minimum absolute atomic E-state index is 0.0206. The van der Waals surface area contributed by atoms with Crippen molar-refractivity contribution >= 4 is 23.8 Å². The van der Waals surface area contributed by atoms with Crippen molar-refractivity contribution in [2.24, 2.45) is 5.92 Å². The Balaban J connectivity index is 0.000000254. The monoisotopic (exact) mass is 917 g/mol. The van der Waals surface area contributed by atoms with Crippen molar-refractivity contribution in [2.45, 2.75) is 136 Å². The number of carbonyl (C=O) groups is 4. The summed E-state index contributed by atoms with van der Waals surface area (Å²) in [6.07, 6.45) is 17.7. The van der Waals surface area contributed by atoms with Gasteiger partial charge in [0, 0.05) is 50.7 Å². The fourth-order valence-electron chi connectivity index (χ4n) is 8.72. The van der Waals surface area contributed by atoms with Crippen LogP contribution in [0.1, 0.15) is 162 Å². The number of unbranched alkanes of at least 4 members (excludes halogenated alkanes) is 4. The smallest absolute Gasteiger partial charge is 0.337 e. The van der Waals surface area contributed by atoms with Crippen LogP contribution >= 0.6 is 0 Å². The molecule has 0 atom stereocenters. The average Bonchev–Trinajstić information content (AvgIpc) is 3.37. The van der Waals surface area contributed by atoms with Crippen molar-refractivity contribution in [3.05, 3.63) is 130 Å². The van der Waals surface area contributed by atoms with Crippen molar-refractivity contribution in [3.63, 3.8) is 0 Å². The van der Waals surface area contributed by atoms with Gasteiger partial charge in [-0.1, -0.05) is 89.8 Å². The Bertz CT molecular complexity index is 2100. The van der Waals surface area contributed by atoms with Gasteiger partial charge in [0.25, 0.3) is 11.8 Å². The number of aromatic nitrogens is 2. The maximum atomic E-state index is 13.7. The predicted molar refractivity (Wildman–Crippen MR) is 265 cm³/mol. The second-order valence-corrected chi connectivity index (χ2v) is 18.5. The van der Waals surface area contributed by atoms with Gasteiger partial charge in [0.15, 0.2) is 0 Å². The molecule has 2 saturated heterocycles. The van der Waals surface area contributed by atoms with E-state index >= 15 is 0 Å². The molecule has 12 heteroatoms. The molecule has 67 heavy (non-hydrogen) atoms. The second-order valence-electron chi connectivity index (χ2n) is 18.5. The van der Waals surface area contributed by atoms with Crippen LogP contribution in [0.4, 0.5) is 0 Å². The van der Waals surface area contributed by atoms with Gasteiger partial charge in [-0.25, -0.2) is 9.59 Å². The number of likely N-dealkylation sites (tertiary alicyclic amines) is 1. The lowest BCUT2D eigenvalue weighted by Crippen LogP contribution is -2.47. The van der Waals surface area contributed by atoms with Crippen molar-refractivity contribution in [3.8, 4) is 0 Å². The van der Waals surface area contributed by atoms with Gasteiger partial charge in [-0.2, -0.15) is 0 Å². The van der Waals surface area contributed by atoms with Gasteiger partial charge in [0.1, 0.15) is 11.4 Å². The summed E-state index contributed by atoms with van der Waals surface area (Å²) in [7, 11) is 2.75. The van der Waals surface area contributed by atoms with Gasteiger partial charge in [0.05, 0.1) is 25.3 Å². The number of rotatable bonds is 21. The number of hydrogen-bond acceptors (Lipinski definition) is 10. The first-order chi connectivity index (χ1) is 32.5. The van der Waals surface area contributed by atoms with E-state index in [4.69, 9.17) is 9.47 Å². The SMILES string of the molecule is CCCCCc1ccc(C(=O)N(Cc2ccc(C(=O)OC)cc2)C2CCN(CCC(C)C)CC2)nc1.CCCCCc1ccc(C(=O)N(Cc2ccc(C(=O)OC)cc2)C2CCNCC2)nc1. The largest absolute Gasteiger partial charge is 0.465 e. The number of methoxy groups -OCH3 is 2. The Labute approximate surface area is 400 Å². The van der Waals surface area contributed by atoms with Crippen molar-refractivity contribution in [1.29, 1.82) is 0 Å². The van der Waals surface area contributed by atoms with E-state index in [-0.39, 0.29) is 35.8 Å². The summed E-state index contributed by atoms with van der Waals surface area (Å²) >= 11 is 0. The Morgan fingerprint density at radius 2 is 1.03 bits per heavy atom. The minimum atomic E-state index is -0.360. The summed E-state index contributed by atoms with van der Waals surface area (Å²) in [4.78, 5) is 66.2. The number of benzene rings is 2. The number of piperidine rings is 2. The average molecular weight is 917 g/mol. The lowest BCUT2D eigenvalue weighted by atomic mass is 10.00. The number of nitrogens with one attached hydrogen (secondary N) is 1. The fourth-order valence-corrected chi connectivity index (χ4v) is 8.72. The first-order valence-electron chi connectivity index (χ1n) is 24.8. The Kier molecular flexibility index (Phi) is 21.9. The number of esters is 2. The molecule has 0 bridgehead atoms. The van der Waals surface area contributed by atoms with E-state index < -0.39 is 0 Å². The molecule has 0 saturated carbocycles. The molecule has 0 radical (unpaired) electrons. The summed E-state index contributed by atoms with van der Waals surface area (Å²) in [6, 6.07) is 22.8. The van der Waals surface area contributed by atoms with Gasteiger partial charge >= 0.3 is 11.9 Å². The first-order valence-corrected chi connectivity index (χ1v) is 24.8. The second kappa shape index (κ2) is 28.0. The van der Waals surface area contributed by atoms with Crippen LogP contribution in [0.15, 0.2) is 85.2 Å². The lowest BCUT2D eigenvalue weighted by Gasteiger charge is -2.38. The normalized spacial score (nSPS) is 14.5. The number of pyridine rings is 2. The molecule has 2 aromatic carbocycles. The molecular weight excluding hydrogens is 841 g/mol. The van der Waals surface area contributed by atoms with Crippen LogP contribution in [0.2, 0.25) is 0 Å². The zero-order chi connectivity index (χ0) is 48.0. The number of carbonyl (C=O) groups excluding carboxylic acids is 4. The Morgan fingerprint density at radius 3 is 1.40 bits per heavy atom. The Morgan fingerprint density at radius 1 is 0.612 bits per heavy atom. The number of ether oxygens (including phenoxy) is 2. The van der Waals surface area contributed by atoms with Crippen molar-refractivity contribution in [2.75, 3.05) is 46.9 Å². The molecule has 6 rings (SSSR count). The summed E-state index contributed by atoms with van der Waals surface area (Å²) in [5.41, 5.74) is 6.35. The van der Waals surface area contributed by atoms with E-state index in [0.29, 0.717) is 41.5 Å². The van der Waals surface area contributed by atoms with Crippen LogP contribution in [0.25, 0.3) is 0 Å². The highest BCUT2D eigenvalue weighted by molar-refractivity contribution is 5.93. The van der Waals surface area contributed by atoms with E-state index in [2.05, 4.69) is 47.9 Å². The quantitative estimate of drug-likeness (QED) is 0.0636. The van der Waals surface area contributed by atoms with E-state index in [9.17, 15) is 19.2 Å². The van der Waals surface area contributed by atoms with E-state index in [0.717, 1.165) is 95.2 Å². The van der Waals surface area contributed by atoms with Gasteiger partial charge in [-0.15, -0.1) is 0 Å². The molecule has 0 unspecified atom stereocenters. The van der Waals surface area contributed by atoms with Crippen LogP contribution < -0.4 is 5.32 Å². The third kappa shape index (κ3) is 16.7. The molecule has 362 valence electrons. The Hall–Kier alpha value is -5.46. The van der Waals surface area contributed by atoms with E-state index in [1.54, 1.807) is 24.3 Å². The number of hydrogen-bond donors (Lipinski definition) is 1. The maximum absolute atomic E-state index is 13.7. The van der Waals surface area contributed by atoms with Crippen LogP contribution in [0.5, 0.6) is 0 Å². The zero-order valence-electron chi connectivity index (χ0n) is 41.1. The first kappa shape index (κ1) is 52.5. The third-order valence-electron chi connectivity index (χ3n) is 13.0. The van der Waals surface area contributed by atoms with Gasteiger partial charge in [0.2, 0.25) is 0 Å². The number of nitrogens with zero attached hydrogens (tertiary/aromatic N) is 5. The van der Waals surface area contributed by atoms with E-state index in [1.165, 1.54) is 57.5 Å². The molecule has 4 aromatic rings. The molecule has 2 aromatic heterocycles. The topological polar surface area (TPSA) is 134 Å². The van der Waals surface area contributed by atoms with Crippen molar-refractivity contribution in [1.82, 2.24) is 30.0 Å². The highest BCUT2D eigenvalue weighted by Gasteiger charge is 2.30. The number of aryl methyl sites for hydroxylation is 2. The van der Waals surface area contributed by atoms with Gasteiger partial charge < -0.3 is 29.5 Å². The summed E-state index contributed by atoms with van der Waals surface area (Å²) in [6.45, 7) is 14.8. The molecule has 2 amide bonds. The highest BCUT2D eigenvalue weighted by atomic mass is 16.5. The third-order valence-corrected chi connectivity index (χ3v) is 13.0. The highest BCUT2D eigenvalue weighted by Crippen LogP contribution is 2.24. The van der Waals surface area contributed by atoms with Crippen LogP contribution in [0.3, 0.4) is 0 Å². The van der Waals surface area contributed by atoms with Crippen LogP contribution in [0, 0.1) is 5.92 Å². The lowest BCUT2D eigenvalue weighted by molar-refractivity contribution is 0.0537. The molecule has 12 nitrogen and oxygen atoms in total. The van der Waals surface area contributed by atoms with Crippen LogP contribution in [-0.2, 0) is 35.4 Å². The predicted octanol–water partition coefficient (Wildman–Crippen LogP) is 9.75. The molecule has 0 spiro atoms. The standard InChI is InChI=1S/C30H43N3O3.C25H33N3O3/c1-5-6-7-8-24-11-14-28(31-21-24)29(34)33(22-25-9-12-26(13-10-25)30(35)36-4)27-16-19-32(20-17-27)18-15-23(2)3;1-3-4-5-6-19-9-12-23(27-17-19)24(29)28(22-13-15-26-16-14-22)18-20-7-10-21(11-8-20)25(30)31-2/h9-14,21,23,27H,5-8,15-20,22H2,1-4H3;7-12,17,22,26H,3-6,13-16,18H2,1-2H3. The van der Waals surface area contributed by atoms with E-state index in [1.807, 2.05) is 70.7 Å². The zero-order valence-corrected chi connectivity index (χ0v) is 41.1. The minimum Gasteiger partial charge on any atom is -0.465 e. The summed E-state index contributed by atoms with van der Waals surface area (Å²) in [5.74, 6) is -0.0749. The van der Waals surface area contributed by atoms with Crippen molar-refractivity contribution < 1.29 is 28.7 Å². The molecular formula is C55H76N6O6.